The Balaban J connectivity index is 2.08. The maximum atomic E-state index is 2.30. The number of halogens is 1. The van der Waals surface area contributed by atoms with Crippen molar-refractivity contribution in [3.8, 4) is 0 Å². The predicted molar refractivity (Wildman–Crippen MR) is 73.7 cm³/mol. The fraction of sp³-hybridized carbons (Fsp3) is 0.294. The van der Waals surface area contributed by atoms with Crippen LogP contribution in [-0.4, -0.2) is 0 Å². The van der Waals surface area contributed by atoms with E-state index in [0.717, 1.165) is 6.42 Å². The number of aryl methyl sites for hydroxylation is 1. The van der Waals surface area contributed by atoms with Gasteiger partial charge in [-0.1, -0.05) is 0 Å². The molecule has 0 N–H and O–H groups in total. The van der Waals surface area contributed by atoms with E-state index in [4.69, 9.17) is 0 Å². The van der Waals surface area contributed by atoms with Crippen LogP contribution in [0.1, 0.15) is 37.8 Å². The average Bonchev–Trinajstić information content (AvgIpc) is 2.40. The second kappa shape index (κ2) is 6.37. The van der Waals surface area contributed by atoms with Gasteiger partial charge in [0, 0.05) is 0 Å². The second-order valence-electron chi connectivity index (χ2n) is 4.78. The van der Waals surface area contributed by atoms with Gasteiger partial charge in [0.05, 0.1) is 0 Å². The fourth-order valence-corrected chi connectivity index (χ4v) is 3.98. The van der Waals surface area contributed by atoms with Gasteiger partial charge < -0.3 is 0 Å². The van der Waals surface area contributed by atoms with Crippen molar-refractivity contribution < 1.29 is 21.2 Å². The third-order valence-electron chi connectivity index (χ3n) is 3.08. The summed E-state index contributed by atoms with van der Waals surface area (Å²) in [4.78, 5) is 0. The molecule has 0 bridgehead atoms. The summed E-state index contributed by atoms with van der Waals surface area (Å²) in [5, 5.41) is 0. The van der Waals surface area contributed by atoms with E-state index in [0.29, 0.717) is 5.92 Å². The molecular formula is C17H20I-. The molecule has 96 valence electrons. The van der Waals surface area contributed by atoms with Crippen LogP contribution in [0.25, 0.3) is 0 Å². The molecule has 0 aliphatic heterocycles. The summed E-state index contributed by atoms with van der Waals surface area (Å²) < 4.78 is 3.01. The summed E-state index contributed by atoms with van der Waals surface area (Å²) in [5.74, 6) is 0.626. The van der Waals surface area contributed by atoms with Crippen molar-refractivity contribution in [1.29, 1.82) is 0 Å². The molecule has 2 rings (SSSR count). The minimum absolute atomic E-state index is 0.0220. The Morgan fingerprint density at radius 1 is 0.833 bits per heavy atom. The van der Waals surface area contributed by atoms with Crippen LogP contribution in [0.15, 0.2) is 48.5 Å². The summed E-state index contributed by atoms with van der Waals surface area (Å²) in [7, 11) is 0. The first-order valence-corrected chi connectivity index (χ1v) is 8.68. The Labute approximate surface area is 121 Å². The number of benzene rings is 2. The van der Waals surface area contributed by atoms with Gasteiger partial charge >= 0.3 is 121 Å². The molecule has 1 heteroatoms. The van der Waals surface area contributed by atoms with Crippen LogP contribution in [0.4, 0.5) is 0 Å². The molecule has 0 heterocycles. The summed E-state index contributed by atoms with van der Waals surface area (Å²) in [5.41, 5.74) is 2.86. The monoisotopic (exact) mass is 351 g/mol. The molecule has 18 heavy (non-hydrogen) atoms. The molecule has 0 aliphatic carbocycles. The second-order valence-corrected chi connectivity index (χ2v) is 7.81. The van der Waals surface area contributed by atoms with Crippen LogP contribution < -0.4 is 21.2 Å². The van der Waals surface area contributed by atoms with Crippen molar-refractivity contribution in [1.82, 2.24) is 0 Å². The van der Waals surface area contributed by atoms with Crippen LogP contribution in [0, 0.1) is 7.14 Å². The standard InChI is InChI=1S/C17H20I/c1-4-14-5-9-16(10-6-14)18-17-11-7-15(8-12-17)13(2)3/h5-13H,4H2,1-3H3/q-1. The molecule has 0 spiro atoms. The van der Waals surface area contributed by atoms with E-state index in [1.165, 1.54) is 18.3 Å². The molecule has 0 unspecified atom stereocenters. The van der Waals surface area contributed by atoms with Crippen LogP contribution in [0.3, 0.4) is 0 Å². The van der Waals surface area contributed by atoms with E-state index < -0.39 is 0 Å². The Bertz CT molecular complexity index is 480. The van der Waals surface area contributed by atoms with Crippen LogP contribution >= 0.6 is 0 Å². The van der Waals surface area contributed by atoms with E-state index in [1.54, 1.807) is 0 Å². The summed E-state index contributed by atoms with van der Waals surface area (Å²) >= 11 is -0.0220. The van der Waals surface area contributed by atoms with Crippen molar-refractivity contribution >= 4 is 0 Å². The van der Waals surface area contributed by atoms with Gasteiger partial charge in [0.25, 0.3) is 0 Å². The van der Waals surface area contributed by atoms with Crippen molar-refractivity contribution in [3.63, 3.8) is 0 Å². The minimum atomic E-state index is -0.0220. The van der Waals surface area contributed by atoms with E-state index >= 15 is 0 Å². The molecule has 0 radical (unpaired) electrons. The molecule has 0 nitrogen and oxygen atoms in total. The zero-order chi connectivity index (χ0) is 13.0. The third-order valence-corrected chi connectivity index (χ3v) is 5.76. The zero-order valence-corrected chi connectivity index (χ0v) is 13.4. The predicted octanol–water partition coefficient (Wildman–Crippen LogP) is 1.50. The Kier molecular flexibility index (Phi) is 4.81. The number of rotatable bonds is 4. The van der Waals surface area contributed by atoms with Crippen molar-refractivity contribution in [2.45, 2.75) is 33.1 Å². The van der Waals surface area contributed by atoms with Crippen LogP contribution in [-0.2, 0) is 6.42 Å². The zero-order valence-electron chi connectivity index (χ0n) is 11.3. The van der Waals surface area contributed by atoms with Gasteiger partial charge in [-0.15, -0.1) is 0 Å². The van der Waals surface area contributed by atoms with Gasteiger partial charge in [0.1, 0.15) is 0 Å². The molecule has 0 saturated heterocycles. The van der Waals surface area contributed by atoms with Crippen molar-refractivity contribution in [3.05, 3.63) is 66.8 Å². The molecule has 0 saturated carbocycles. The van der Waals surface area contributed by atoms with Gasteiger partial charge in [-0.3, -0.25) is 0 Å². The fourth-order valence-electron chi connectivity index (χ4n) is 1.82. The molecule has 0 aliphatic rings. The molecular weight excluding hydrogens is 331 g/mol. The molecule has 0 amide bonds. The molecule has 2 aromatic rings. The van der Waals surface area contributed by atoms with Gasteiger partial charge in [0.15, 0.2) is 0 Å². The normalized spacial score (nSPS) is 11.1. The SMILES string of the molecule is CCc1ccc([I-]c2ccc(C(C)C)cc2)cc1. The first-order chi connectivity index (χ1) is 8.69. The summed E-state index contributed by atoms with van der Waals surface area (Å²) in [6, 6.07) is 18.3. The maximum absolute atomic E-state index is 2.30. The number of hydrogen-bond donors (Lipinski definition) is 0. The van der Waals surface area contributed by atoms with E-state index in [-0.39, 0.29) is 21.2 Å². The Morgan fingerprint density at radius 3 is 1.78 bits per heavy atom. The van der Waals surface area contributed by atoms with Gasteiger partial charge in [0.2, 0.25) is 0 Å². The van der Waals surface area contributed by atoms with E-state index in [2.05, 4.69) is 69.3 Å². The van der Waals surface area contributed by atoms with Gasteiger partial charge in [-0.2, -0.15) is 0 Å². The molecule has 0 aromatic heterocycles. The Hall–Kier alpha value is -0.830. The molecule has 0 atom stereocenters. The average molecular weight is 351 g/mol. The van der Waals surface area contributed by atoms with E-state index in [9.17, 15) is 0 Å². The summed E-state index contributed by atoms with van der Waals surface area (Å²) in [6.07, 6.45) is 1.13. The first-order valence-electron chi connectivity index (χ1n) is 6.52. The van der Waals surface area contributed by atoms with Crippen LogP contribution in [0.2, 0.25) is 0 Å². The van der Waals surface area contributed by atoms with Crippen molar-refractivity contribution in [2.24, 2.45) is 0 Å². The first kappa shape index (κ1) is 13.6. The topological polar surface area (TPSA) is 0 Å². The van der Waals surface area contributed by atoms with E-state index in [1.807, 2.05) is 0 Å². The van der Waals surface area contributed by atoms with Crippen molar-refractivity contribution in [2.75, 3.05) is 0 Å². The quantitative estimate of drug-likeness (QED) is 0.733. The Morgan fingerprint density at radius 2 is 1.33 bits per heavy atom. The van der Waals surface area contributed by atoms with Crippen LogP contribution in [0.5, 0.6) is 0 Å². The van der Waals surface area contributed by atoms with Gasteiger partial charge in [-0.25, -0.2) is 0 Å². The molecule has 2 aromatic carbocycles. The van der Waals surface area contributed by atoms with Gasteiger partial charge in [-0.05, 0) is 0 Å². The number of hydrogen-bond acceptors (Lipinski definition) is 0. The third kappa shape index (κ3) is 3.58. The summed E-state index contributed by atoms with van der Waals surface area (Å²) in [6.45, 7) is 6.69. The molecule has 0 fully saturated rings.